The van der Waals surface area contributed by atoms with Gasteiger partial charge in [0, 0.05) is 24.7 Å². The molecule has 0 saturated carbocycles. The van der Waals surface area contributed by atoms with Gasteiger partial charge in [-0.25, -0.2) is 9.37 Å². The van der Waals surface area contributed by atoms with E-state index in [0.29, 0.717) is 53.3 Å². The van der Waals surface area contributed by atoms with Crippen LogP contribution < -0.4 is 15.0 Å². The zero-order valence-corrected chi connectivity index (χ0v) is 24.6. The molecular weight excluding hydrogens is 541 g/mol. The molecular formula is C36H36FN3O3. The molecule has 7 heteroatoms. The van der Waals surface area contributed by atoms with Crippen molar-refractivity contribution in [2.24, 2.45) is 5.92 Å². The minimum atomic E-state index is -0.333. The average molecular weight is 578 g/mol. The smallest absolute Gasteiger partial charge is 0.261 e. The van der Waals surface area contributed by atoms with Crippen LogP contribution in [0, 0.1) is 11.7 Å². The molecule has 0 radical (unpaired) electrons. The Kier molecular flexibility index (Phi) is 8.52. The van der Waals surface area contributed by atoms with Crippen molar-refractivity contribution in [2.45, 2.75) is 45.9 Å². The number of aromatic nitrogens is 2. The minimum absolute atomic E-state index is 0.101. The first-order valence-electron chi connectivity index (χ1n) is 14.9. The molecule has 6 rings (SSSR count). The largest absolute Gasteiger partial charge is 0.489 e. The molecule has 0 spiro atoms. The minimum Gasteiger partial charge on any atom is -0.489 e. The predicted molar refractivity (Wildman–Crippen MR) is 168 cm³/mol. The summed E-state index contributed by atoms with van der Waals surface area (Å²) in [4.78, 5) is 21.7. The van der Waals surface area contributed by atoms with E-state index in [9.17, 15) is 9.18 Å². The molecule has 0 aliphatic carbocycles. The highest BCUT2D eigenvalue weighted by Crippen LogP contribution is 2.28. The first-order valence-corrected chi connectivity index (χ1v) is 14.9. The van der Waals surface area contributed by atoms with Crippen LogP contribution in [0.25, 0.3) is 22.3 Å². The van der Waals surface area contributed by atoms with Crippen molar-refractivity contribution >= 4 is 10.9 Å². The number of halogens is 1. The number of rotatable bonds is 9. The van der Waals surface area contributed by atoms with Gasteiger partial charge in [-0.05, 0) is 111 Å². The van der Waals surface area contributed by atoms with E-state index in [-0.39, 0.29) is 11.4 Å². The Hall–Kier alpha value is -4.49. The van der Waals surface area contributed by atoms with Crippen molar-refractivity contribution in [3.05, 3.63) is 119 Å². The summed E-state index contributed by atoms with van der Waals surface area (Å²) in [5.41, 5.74) is 2.45. The molecule has 1 aromatic heterocycles. The van der Waals surface area contributed by atoms with E-state index in [1.807, 2.05) is 65.2 Å². The molecule has 5 aromatic rings. The maximum Gasteiger partial charge on any atom is 0.261 e. The van der Waals surface area contributed by atoms with Crippen LogP contribution in [-0.2, 0) is 13.2 Å². The number of piperidine rings is 1. The third-order valence-electron chi connectivity index (χ3n) is 8.06. The van der Waals surface area contributed by atoms with E-state index in [2.05, 4.69) is 18.7 Å². The molecule has 4 aromatic carbocycles. The quantitative estimate of drug-likeness (QED) is 0.180. The highest BCUT2D eigenvalue weighted by molar-refractivity contribution is 5.81. The van der Waals surface area contributed by atoms with Crippen molar-refractivity contribution in [2.75, 3.05) is 13.1 Å². The molecule has 0 bridgehead atoms. The van der Waals surface area contributed by atoms with Crippen LogP contribution in [0.1, 0.15) is 32.3 Å². The van der Waals surface area contributed by atoms with Crippen LogP contribution in [0.15, 0.2) is 102 Å². The van der Waals surface area contributed by atoms with Crippen molar-refractivity contribution in [3.63, 3.8) is 0 Å². The molecule has 1 aliphatic rings. The number of fused-ring (bicyclic) bond motifs is 1. The van der Waals surface area contributed by atoms with E-state index in [1.165, 1.54) is 12.1 Å². The molecule has 6 nitrogen and oxygen atoms in total. The molecule has 1 saturated heterocycles. The summed E-state index contributed by atoms with van der Waals surface area (Å²) in [6, 6.07) is 29.5. The molecule has 1 fully saturated rings. The van der Waals surface area contributed by atoms with E-state index in [0.717, 1.165) is 42.8 Å². The number of hydrogen-bond acceptors (Lipinski definition) is 5. The lowest BCUT2D eigenvalue weighted by atomic mass is 9.96. The van der Waals surface area contributed by atoms with Crippen LogP contribution in [0.3, 0.4) is 0 Å². The van der Waals surface area contributed by atoms with Gasteiger partial charge in [0.25, 0.3) is 5.56 Å². The van der Waals surface area contributed by atoms with Crippen LogP contribution in [0.4, 0.5) is 4.39 Å². The number of ether oxygens (including phenoxy) is 2. The zero-order chi connectivity index (χ0) is 29.8. The van der Waals surface area contributed by atoms with Gasteiger partial charge in [0.05, 0.1) is 10.9 Å². The Balaban J connectivity index is 1.34. The van der Waals surface area contributed by atoms with Crippen molar-refractivity contribution in [3.8, 4) is 28.6 Å². The maximum absolute atomic E-state index is 14.2. The van der Waals surface area contributed by atoms with Gasteiger partial charge in [-0.15, -0.1) is 0 Å². The van der Waals surface area contributed by atoms with E-state index in [1.54, 1.807) is 24.3 Å². The molecule has 1 unspecified atom stereocenters. The summed E-state index contributed by atoms with van der Waals surface area (Å²) in [7, 11) is 0. The lowest BCUT2D eigenvalue weighted by Gasteiger charge is -2.35. The molecule has 0 N–H and O–H groups in total. The molecule has 2 heterocycles. The first kappa shape index (κ1) is 28.6. The van der Waals surface area contributed by atoms with Gasteiger partial charge < -0.3 is 14.4 Å². The highest BCUT2D eigenvalue weighted by Gasteiger charge is 2.24. The molecule has 0 amide bonds. The van der Waals surface area contributed by atoms with Crippen LogP contribution in [0.2, 0.25) is 0 Å². The second-order valence-electron chi connectivity index (χ2n) is 11.5. The third-order valence-corrected chi connectivity index (χ3v) is 8.06. The second-order valence-corrected chi connectivity index (χ2v) is 11.5. The Labute approximate surface area is 251 Å². The zero-order valence-electron chi connectivity index (χ0n) is 24.6. The third kappa shape index (κ3) is 6.78. The van der Waals surface area contributed by atoms with Crippen molar-refractivity contribution in [1.82, 2.24) is 14.5 Å². The molecule has 43 heavy (non-hydrogen) atoms. The second kappa shape index (κ2) is 12.8. The fourth-order valence-corrected chi connectivity index (χ4v) is 5.71. The van der Waals surface area contributed by atoms with Gasteiger partial charge in [-0.2, -0.15) is 0 Å². The average Bonchev–Trinajstić information content (AvgIpc) is 3.03. The molecule has 1 atom stereocenters. The van der Waals surface area contributed by atoms with Crippen molar-refractivity contribution < 1.29 is 13.9 Å². The number of nitrogens with zero attached hydrogens (tertiary/aromatic N) is 3. The van der Waals surface area contributed by atoms with Crippen LogP contribution in [-0.4, -0.2) is 33.6 Å². The van der Waals surface area contributed by atoms with E-state index < -0.39 is 0 Å². The normalized spacial score (nSPS) is 15.6. The fraction of sp³-hybridized carbons (Fsp3) is 0.278. The van der Waals surface area contributed by atoms with Gasteiger partial charge >= 0.3 is 0 Å². The summed E-state index contributed by atoms with van der Waals surface area (Å²) in [5.74, 6) is 2.39. The van der Waals surface area contributed by atoms with E-state index >= 15 is 0 Å². The number of benzene rings is 4. The number of likely N-dealkylation sites (tertiary alicyclic amines) is 1. The lowest BCUT2D eigenvalue weighted by molar-refractivity contribution is 0.130. The van der Waals surface area contributed by atoms with Gasteiger partial charge in [0.1, 0.15) is 35.5 Å². The van der Waals surface area contributed by atoms with Gasteiger partial charge in [-0.1, -0.05) is 30.3 Å². The van der Waals surface area contributed by atoms with Crippen LogP contribution >= 0.6 is 0 Å². The van der Waals surface area contributed by atoms with Gasteiger partial charge in [0.15, 0.2) is 0 Å². The molecule has 1 aliphatic heterocycles. The summed E-state index contributed by atoms with van der Waals surface area (Å²) in [6.07, 6.45) is 2.17. The van der Waals surface area contributed by atoms with Crippen LogP contribution in [0.5, 0.6) is 17.2 Å². The predicted octanol–water partition coefficient (Wildman–Crippen LogP) is 7.69. The summed E-state index contributed by atoms with van der Waals surface area (Å²) < 4.78 is 27.2. The molecule has 220 valence electrons. The summed E-state index contributed by atoms with van der Waals surface area (Å²) in [6.45, 7) is 7.54. The van der Waals surface area contributed by atoms with Crippen molar-refractivity contribution in [1.29, 1.82) is 0 Å². The Morgan fingerprint density at radius 1 is 0.907 bits per heavy atom. The SMILES string of the molecule is CC(C)N1CCCC(Cn2c(-c3ccc(OCc4ccccc4)cc3)nc3ccc(Oc4ccc(F)cc4)cc3c2=O)C1. The van der Waals surface area contributed by atoms with Gasteiger partial charge in [-0.3, -0.25) is 9.36 Å². The summed E-state index contributed by atoms with van der Waals surface area (Å²) in [5, 5.41) is 0.489. The Morgan fingerprint density at radius 2 is 1.63 bits per heavy atom. The standard InChI is InChI=1S/C36H36FN3O3/c1-25(2)39-20-6-9-27(22-39)23-40-35(28-10-14-30(15-11-28)42-24-26-7-4-3-5-8-26)38-34-19-18-32(21-33(34)36(40)41)43-31-16-12-29(37)13-17-31/h3-5,7-8,10-19,21,25,27H,6,9,20,22-24H2,1-2H3. The van der Waals surface area contributed by atoms with Gasteiger partial charge in [0.2, 0.25) is 0 Å². The number of hydrogen-bond donors (Lipinski definition) is 0. The topological polar surface area (TPSA) is 56.6 Å². The Bertz CT molecular complexity index is 1740. The summed E-state index contributed by atoms with van der Waals surface area (Å²) >= 11 is 0. The lowest BCUT2D eigenvalue weighted by Crippen LogP contribution is -2.42. The maximum atomic E-state index is 14.2. The Morgan fingerprint density at radius 3 is 2.37 bits per heavy atom. The fourth-order valence-electron chi connectivity index (χ4n) is 5.71. The monoisotopic (exact) mass is 577 g/mol. The first-order chi connectivity index (χ1) is 20.9. The highest BCUT2D eigenvalue weighted by atomic mass is 19.1. The van der Waals surface area contributed by atoms with E-state index in [4.69, 9.17) is 14.5 Å².